The summed E-state index contributed by atoms with van der Waals surface area (Å²) in [6.07, 6.45) is 2.58. The normalized spacial score (nSPS) is 21.5. The van der Waals surface area contributed by atoms with Crippen LogP contribution in [0, 0.1) is 0 Å². The molecule has 1 rings (SSSR count). The van der Waals surface area contributed by atoms with E-state index in [2.05, 4.69) is 39.8 Å². The first-order chi connectivity index (χ1) is 5.36. The number of hydrogen-bond acceptors (Lipinski definition) is 2. The van der Waals surface area contributed by atoms with Crippen LogP contribution in [-0.2, 0) is 4.74 Å². The van der Waals surface area contributed by atoms with E-state index in [1.54, 1.807) is 0 Å². The van der Waals surface area contributed by atoms with Crippen molar-refractivity contribution in [2.75, 3.05) is 20.7 Å². The Hall–Kier alpha value is -0.0800. The maximum absolute atomic E-state index is 5.78. The van der Waals surface area contributed by atoms with E-state index in [-0.39, 0.29) is 5.60 Å². The van der Waals surface area contributed by atoms with Gasteiger partial charge in [0.2, 0.25) is 0 Å². The van der Waals surface area contributed by atoms with Crippen molar-refractivity contribution in [3.63, 3.8) is 0 Å². The van der Waals surface area contributed by atoms with E-state index in [9.17, 15) is 0 Å². The highest BCUT2D eigenvalue weighted by Crippen LogP contribution is 2.40. The second kappa shape index (κ2) is 3.00. The van der Waals surface area contributed by atoms with Crippen LogP contribution in [0.25, 0.3) is 0 Å². The molecule has 2 nitrogen and oxygen atoms in total. The zero-order valence-corrected chi connectivity index (χ0v) is 8.98. The molecule has 1 aliphatic rings. The Morgan fingerprint density at radius 3 is 2.00 bits per heavy atom. The van der Waals surface area contributed by atoms with Crippen molar-refractivity contribution in [3.05, 3.63) is 0 Å². The summed E-state index contributed by atoms with van der Waals surface area (Å²) in [5, 5.41) is 0. The zero-order valence-electron chi connectivity index (χ0n) is 8.98. The van der Waals surface area contributed by atoms with Crippen molar-refractivity contribution in [2.45, 2.75) is 44.8 Å². The summed E-state index contributed by atoms with van der Waals surface area (Å²) in [4.78, 5) is 2.29. The van der Waals surface area contributed by atoms with Crippen LogP contribution in [0.2, 0.25) is 0 Å². The first-order valence-corrected chi connectivity index (χ1v) is 4.67. The number of nitrogens with zero attached hydrogens (tertiary/aromatic N) is 1. The second-order valence-corrected chi connectivity index (χ2v) is 5.02. The summed E-state index contributed by atoms with van der Waals surface area (Å²) in [5.74, 6) is 0. The van der Waals surface area contributed by atoms with Crippen molar-refractivity contribution in [3.8, 4) is 0 Å². The Balaban J connectivity index is 2.32. The van der Waals surface area contributed by atoms with Crippen LogP contribution in [0.15, 0.2) is 0 Å². The van der Waals surface area contributed by atoms with Gasteiger partial charge in [-0.1, -0.05) is 0 Å². The maximum Gasteiger partial charge on any atom is 0.0657 e. The molecular formula is C10H21NO. The van der Waals surface area contributed by atoms with Crippen LogP contribution in [0.3, 0.4) is 0 Å². The highest BCUT2D eigenvalue weighted by Gasteiger charge is 2.45. The summed E-state index contributed by atoms with van der Waals surface area (Å²) < 4.78 is 5.78. The van der Waals surface area contributed by atoms with Gasteiger partial charge in [0.15, 0.2) is 0 Å². The number of hydrogen-bond donors (Lipinski definition) is 0. The lowest BCUT2D eigenvalue weighted by Gasteiger charge is -2.28. The monoisotopic (exact) mass is 171 g/mol. The molecule has 1 saturated carbocycles. The van der Waals surface area contributed by atoms with Gasteiger partial charge in [-0.15, -0.1) is 0 Å². The van der Waals surface area contributed by atoms with Gasteiger partial charge in [-0.2, -0.15) is 0 Å². The first-order valence-electron chi connectivity index (χ1n) is 4.67. The van der Waals surface area contributed by atoms with Crippen molar-refractivity contribution in [1.29, 1.82) is 0 Å². The highest BCUT2D eigenvalue weighted by atomic mass is 16.5. The minimum Gasteiger partial charge on any atom is -0.374 e. The fraction of sp³-hybridized carbons (Fsp3) is 1.00. The Morgan fingerprint density at radius 1 is 1.25 bits per heavy atom. The van der Waals surface area contributed by atoms with E-state index in [0.29, 0.717) is 5.54 Å². The fourth-order valence-electron chi connectivity index (χ4n) is 1.22. The predicted molar refractivity (Wildman–Crippen MR) is 51.4 cm³/mol. The van der Waals surface area contributed by atoms with E-state index >= 15 is 0 Å². The molecule has 0 spiro atoms. The van der Waals surface area contributed by atoms with Crippen LogP contribution < -0.4 is 0 Å². The van der Waals surface area contributed by atoms with Crippen molar-refractivity contribution < 1.29 is 4.74 Å². The molecule has 0 saturated heterocycles. The van der Waals surface area contributed by atoms with E-state index in [1.165, 1.54) is 12.8 Å². The predicted octanol–water partition coefficient (Wildman–Crippen LogP) is 1.90. The van der Waals surface area contributed by atoms with Gasteiger partial charge in [-0.25, -0.2) is 0 Å². The van der Waals surface area contributed by atoms with Crippen molar-refractivity contribution in [2.24, 2.45) is 0 Å². The molecule has 12 heavy (non-hydrogen) atoms. The second-order valence-electron chi connectivity index (χ2n) is 5.02. The van der Waals surface area contributed by atoms with Gasteiger partial charge in [0.1, 0.15) is 0 Å². The molecule has 0 bridgehead atoms. The standard InChI is InChI=1S/C10H21NO/c1-9(2,3)12-8-10(6-7-10)11(4)5/h6-8H2,1-5H3. The molecule has 0 aliphatic heterocycles. The number of likely N-dealkylation sites (N-methyl/N-ethyl adjacent to an activating group) is 1. The van der Waals surface area contributed by atoms with Gasteiger partial charge in [0, 0.05) is 5.54 Å². The number of rotatable bonds is 3. The topological polar surface area (TPSA) is 12.5 Å². The summed E-state index contributed by atoms with van der Waals surface area (Å²) >= 11 is 0. The summed E-state index contributed by atoms with van der Waals surface area (Å²) in [6.45, 7) is 7.21. The van der Waals surface area contributed by atoms with Gasteiger partial charge in [-0.05, 0) is 47.7 Å². The molecule has 0 N–H and O–H groups in total. The SMILES string of the molecule is CN(C)C1(COC(C)(C)C)CC1. The number of ether oxygens (including phenoxy) is 1. The molecule has 1 aliphatic carbocycles. The van der Waals surface area contributed by atoms with Gasteiger partial charge in [-0.3, -0.25) is 0 Å². The molecule has 0 radical (unpaired) electrons. The van der Waals surface area contributed by atoms with E-state index in [4.69, 9.17) is 4.74 Å². The maximum atomic E-state index is 5.78. The third-order valence-corrected chi connectivity index (χ3v) is 2.55. The molecule has 0 aromatic carbocycles. The van der Waals surface area contributed by atoms with Crippen LogP contribution in [0.1, 0.15) is 33.6 Å². The molecule has 72 valence electrons. The minimum atomic E-state index is 0.00556. The van der Waals surface area contributed by atoms with Crippen molar-refractivity contribution in [1.82, 2.24) is 4.90 Å². The van der Waals surface area contributed by atoms with Gasteiger partial charge in [0.05, 0.1) is 12.2 Å². The van der Waals surface area contributed by atoms with E-state index < -0.39 is 0 Å². The Morgan fingerprint density at radius 2 is 1.75 bits per heavy atom. The van der Waals surface area contributed by atoms with E-state index in [1.807, 2.05) is 0 Å². The molecule has 0 aromatic rings. The summed E-state index contributed by atoms with van der Waals surface area (Å²) in [6, 6.07) is 0. The average molecular weight is 171 g/mol. The summed E-state index contributed by atoms with van der Waals surface area (Å²) in [5.41, 5.74) is 0.374. The molecular weight excluding hydrogens is 150 g/mol. The fourth-order valence-corrected chi connectivity index (χ4v) is 1.22. The van der Waals surface area contributed by atoms with Gasteiger partial charge >= 0.3 is 0 Å². The lowest BCUT2D eigenvalue weighted by Crippen LogP contribution is -2.37. The molecule has 0 aromatic heterocycles. The quantitative estimate of drug-likeness (QED) is 0.643. The first kappa shape index (κ1) is 10.0. The third-order valence-electron chi connectivity index (χ3n) is 2.55. The van der Waals surface area contributed by atoms with Crippen LogP contribution in [0.5, 0.6) is 0 Å². The summed E-state index contributed by atoms with van der Waals surface area (Å²) in [7, 11) is 4.28. The molecule has 0 atom stereocenters. The molecule has 0 amide bonds. The Labute approximate surface area is 75.9 Å². The third kappa shape index (κ3) is 2.46. The van der Waals surface area contributed by atoms with Crippen LogP contribution in [-0.4, -0.2) is 36.7 Å². The van der Waals surface area contributed by atoms with Crippen LogP contribution in [0.4, 0.5) is 0 Å². The minimum absolute atomic E-state index is 0.00556. The lowest BCUT2D eigenvalue weighted by atomic mass is 10.2. The molecule has 2 heteroatoms. The van der Waals surface area contributed by atoms with Gasteiger partial charge < -0.3 is 9.64 Å². The zero-order chi connectivity index (χ0) is 9.41. The smallest absolute Gasteiger partial charge is 0.0657 e. The largest absolute Gasteiger partial charge is 0.374 e. The van der Waals surface area contributed by atoms with E-state index in [0.717, 1.165) is 6.61 Å². The molecule has 1 fully saturated rings. The molecule has 0 heterocycles. The Kier molecular flexibility index (Phi) is 2.50. The van der Waals surface area contributed by atoms with Crippen molar-refractivity contribution >= 4 is 0 Å². The highest BCUT2D eigenvalue weighted by molar-refractivity contribution is 5.02. The average Bonchev–Trinajstić information content (AvgIpc) is 2.61. The lowest BCUT2D eigenvalue weighted by molar-refractivity contribution is -0.0346. The van der Waals surface area contributed by atoms with Crippen LogP contribution >= 0.6 is 0 Å². The molecule has 0 unspecified atom stereocenters. The Bertz CT molecular complexity index is 154. The van der Waals surface area contributed by atoms with Gasteiger partial charge in [0.25, 0.3) is 0 Å².